The molecule has 0 aliphatic carbocycles. The molecule has 3 aromatic carbocycles. The molecule has 1 aromatic heterocycles. The van der Waals surface area contributed by atoms with Crippen molar-refractivity contribution in [1.82, 2.24) is 4.98 Å². The Bertz CT molecular complexity index is 947. The van der Waals surface area contributed by atoms with Crippen LogP contribution in [0.1, 0.15) is 25.3 Å². The first kappa shape index (κ1) is 14.7. The number of anilines is 2. The lowest BCUT2D eigenvalue weighted by molar-refractivity contribution is 0.867. The van der Waals surface area contributed by atoms with Crippen LogP contribution in [0.4, 0.5) is 11.4 Å². The van der Waals surface area contributed by atoms with Crippen molar-refractivity contribution >= 4 is 33.2 Å². The highest BCUT2D eigenvalue weighted by atomic mass is 14.9. The SMILES string of the molecule is CC(C)c1ccc(Nc2c3ccccc3nc3ccccc23)cc1. The van der Waals surface area contributed by atoms with Crippen LogP contribution in [-0.2, 0) is 0 Å². The van der Waals surface area contributed by atoms with Crippen LogP contribution in [0, 0.1) is 0 Å². The maximum atomic E-state index is 4.78. The quantitative estimate of drug-likeness (QED) is 0.452. The van der Waals surface area contributed by atoms with Crippen molar-refractivity contribution in [3.63, 3.8) is 0 Å². The summed E-state index contributed by atoms with van der Waals surface area (Å²) < 4.78 is 0. The van der Waals surface area contributed by atoms with Crippen LogP contribution >= 0.6 is 0 Å². The fourth-order valence-corrected chi connectivity index (χ4v) is 3.07. The minimum absolute atomic E-state index is 0.543. The molecule has 1 N–H and O–H groups in total. The first-order valence-corrected chi connectivity index (χ1v) is 8.37. The Labute approximate surface area is 142 Å². The number of hydrogen-bond donors (Lipinski definition) is 1. The van der Waals surface area contributed by atoms with Gasteiger partial charge in [0.05, 0.1) is 16.7 Å². The van der Waals surface area contributed by atoms with Gasteiger partial charge in [0.15, 0.2) is 0 Å². The van der Waals surface area contributed by atoms with Gasteiger partial charge in [0.1, 0.15) is 0 Å². The predicted octanol–water partition coefficient (Wildman–Crippen LogP) is 6.26. The minimum atomic E-state index is 0.543. The fourth-order valence-electron chi connectivity index (χ4n) is 3.07. The van der Waals surface area contributed by atoms with Gasteiger partial charge in [0, 0.05) is 16.5 Å². The number of nitrogens with one attached hydrogen (secondary N) is 1. The molecule has 2 heteroatoms. The molecule has 0 aliphatic heterocycles. The van der Waals surface area contributed by atoms with Crippen molar-refractivity contribution in [2.24, 2.45) is 0 Å². The van der Waals surface area contributed by atoms with E-state index in [0.29, 0.717) is 5.92 Å². The average Bonchev–Trinajstić information content (AvgIpc) is 2.62. The van der Waals surface area contributed by atoms with Gasteiger partial charge in [0.2, 0.25) is 0 Å². The lowest BCUT2D eigenvalue weighted by atomic mass is 10.0. The van der Waals surface area contributed by atoms with Crippen molar-refractivity contribution in [2.75, 3.05) is 5.32 Å². The molecule has 118 valence electrons. The molecule has 4 aromatic rings. The molecule has 0 amide bonds. The molecule has 0 atom stereocenters. The molecule has 0 radical (unpaired) electrons. The molecule has 2 nitrogen and oxygen atoms in total. The van der Waals surface area contributed by atoms with Crippen LogP contribution in [0.15, 0.2) is 72.8 Å². The molecule has 0 aliphatic rings. The maximum Gasteiger partial charge on any atom is 0.0730 e. The molecule has 0 saturated heterocycles. The van der Waals surface area contributed by atoms with E-state index in [9.17, 15) is 0 Å². The van der Waals surface area contributed by atoms with E-state index in [-0.39, 0.29) is 0 Å². The first-order valence-electron chi connectivity index (χ1n) is 8.37. The van der Waals surface area contributed by atoms with E-state index in [1.165, 1.54) is 5.56 Å². The van der Waals surface area contributed by atoms with Gasteiger partial charge in [-0.15, -0.1) is 0 Å². The highest BCUT2D eigenvalue weighted by Crippen LogP contribution is 2.33. The molecular weight excluding hydrogens is 292 g/mol. The summed E-state index contributed by atoms with van der Waals surface area (Å²) in [7, 11) is 0. The van der Waals surface area contributed by atoms with Crippen LogP contribution in [0.5, 0.6) is 0 Å². The molecule has 0 saturated carbocycles. The van der Waals surface area contributed by atoms with Crippen molar-refractivity contribution in [2.45, 2.75) is 19.8 Å². The summed E-state index contributed by atoms with van der Waals surface area (Å²) >= 11 is 0. The van der Waals surface area contributed by atoms with E-state index >= 15 is 0 Å². The van der Waals surface area contributed by atoms with E-state index in [0.717, 1.165) is 33.2 Å². The Morgan fingerprint density at radius 3 is 1.79 bits per heavy atom. The summed E-state index contributed by atoms with van der Waals surface area (Å²) in [6.45, 7) is 4.43. The molecule has 0 bridgehead atoms. The Morgan fingerprint density at radius 2 is 1.25 bits per heavy atom. The van der Waals surface area contributed by atoms with Crippen LogP contribution in [0.25, 0.3) is 21.8 Å². The van der Waals surface area contributed by atoms with Gasteiger partial charge in [-0.3, -0.25) is 0 Å². The van der Waals surface area contributed by atoms with Gasteiger partial charge in [-0.25, -0.2) is 4.98 Å². The summed E-state index contributed by atoms with van der Waals surface area (Å²) in [4.78, 5) is 4.78. The lowest BCUT2D eigenvalue weighted by Crippen LogP contribution is -1.96. The number of para-hydroxylation sites is 2. The Balaban J connectivity index is 1.87. The summed E-state index contributed by atoms with van der Waals surface area (Å²) in [5.74, 6) is 0.543. The molecule has 24 heavy (non-hydrogen) atoms. The van der Waals surface area contributed by atoms with Crippen molar-refractivity contribution in [3.8, 4) is 0 Å². The number of fused-ring (bicyclic) bond motifs is 2. The Kier molecular flexibility index (Phi) is 3.66. The molecule has 4 rings (SSSR count). The van der Waals surface area contributed by atoms with Gasteiger partial charge in [0.25, 0.3) is 0 Å². The lowest BCUT2D eigenvalue weighted by Gasteiger charge is -2.14. The second-order valence-electron chi connectivity index (χ2n) is 6.42. The first-order chi connectivity index (χ1) is 11.7. The second-order valence-corrected chi connectivity index (χ2v) is 6.42. The normalized spacial score (nSPS) is 11.3. The van der Waals surface area contributed by atoms with Gasteiger partial charge in [-0.05, 0) is 35.7 Å². The number of hydrogen-bond acceptors (Lipinski definition) is 2. The fraction of sp³-hybridized carbons (Fsp3) is 0.136. The number of pyridine rings is 1. The minimum Gasteiger partial charge on any atom is -0.354 e. The smallest absolute Gasteiger partial charge is 0.0730 e. The zero-order valence-corrected chi connectivity index (χ0v) is 14.0. The Hall–Kier alpha value is -2.87. The van der Waals surface area contributed by atoms with Gasteiger partial charge < -0.3 is 5.32 Å². The Morgan fingerprint density at radius 1 is 0.708 bits per heavy atom. The van der Waals surface area contributed by atoms with E-state index in [4.69, 9.17) is 4.98 Å². The van der Waals surface area contributed by atoms with Crippen LogP contribution in [0.3, 0.4) is 0 Å². The standard InChI is InChI=1S/C22H20N2/c1-15(2)16-11-13-17(14-12-16)23-22-18-7-3-5-9-20(18)24-21-10-6-4-8-19(21)22/h3-15H,1-2H3,(H,23,24). The van der Waals surface area contributed by atoms with Gasteiger partial charge in [-0.1, -0.05) is 62.4 Å². The zero-order valence-electron chi connectivity index (χ0n) is 14.0. The van der Waals surface area contributed by atoms with Crippen LogP contribution in [0.2, 0.25) is 0 Å². The molecular formula is C22H20N2. The van der Waals surface area contributed by atoms with E-state index in [1.54, 1.807) is 0 Å². The summed E-state index contributed by atoms with van der Waals surface area (Å²) in [6, 6.07) is 25.3. The highest BCUT2D eigenvalue weighted by Gasteiger charge is 2.09. The summed E-state index contributed by atoms with van der Waals surface area (Å²) in [6.07, 6.45) is 0. The predicted molar refractivity (Wildman–Crippen MR) is 103 cm³/mol. The van der Waals surface area contributed by atoms with Crippen LogP contribution < -0.4 is 5.32 Å². The molecule has 0 spiro atoms. The monoisotopic (exact) mass is 312 g/mol. The van der Waals surface area contributed by atoms with E-state index in [2.05, 4.69) is 79.8 Å². The number of benzene rings is 3. The third-order valence-corrected chi connectivity index (χ3v) is 4.43. The molecule has 0 fully saturated rings. The van der Waals surface area contributed by atoms with Crippen molar-refractivity contribution < 1.29 is 0 Å². The number of rotatable bonds is 3. The second kappa shape index (κ2) is 5.97. The molecule has 0 unspecified atom stereocenters. The van der Waals surface area contributed by atoms with Gasteiger partial charge >= 0.3 is 0 Å². The van der Waals surface area contributed by atoms with Crippen molar-refractivity contribution in [1.29, 1.82) is 0 Å². The third-order valence-electron chi connectivity index (χ3n) is 4.43. The van der Waals surface area contributed by atoms with E-state index < -0.39 is 0 Å². The summed E-state index contributed by atoms with van der Waals surface area (Å²) in [5, 5.41) is 5.90. The largest absolute Gasteiger partial charge is 0.354 e. The third kappa shape index (κ3) is 2.61. The van der Waals surface area contributed by atoms with Gasteiger partial charge in [-0.2, -0.15) is 0 Å². The zero-order chi connectivity index (χ0) is 16.5. The number of aromatic nitrogens is 1. The van der Waals surface area contributed by atoms with Crippen molar-refractivity contribution in [3.05, 3.63) is 78.4 Å². The topological polar surface area (TPSA) is 24.9 Å². The summed E-state index contributed by atoms with van der Waals surface area (Å²) in [5.41, 5.74) is 5.59. The van der Waals surface area contributed by atoms with E-state index in [1.807, 2.05) is 12.1 Å². The van der Waals surface area contributed by atoms with Crippen LogP contribution in [-0.4, -0.2) is 4.98 Å². The average molecular weight is 312 g/mol. The number of nitrogens with zero attached hydrogens (tertiary/aromatic N) is 1. The highest BCUT2D eigenvalue weighted by molar-refractivity contribution is 6.08. The maximum absolute atomic E-state index is 4.78. The molecule has 1 heterocycles.